The second-order valence-corrected chi connectivity index (χ2v) is 9.46. The van der Waals surface area contributed by atoms with E-state index in [2.05, 4.69) is 49.5 Å². The first-order valence-electron chi connectivity index (χ1n) is 11.1. The zero-order valence-corrected chi connectivity index (χ0v) is 19.9. The number of hydrogen-bond donors (Lipinski definition) is 1. The van der Waals surface area contributed by atoms with Gasteiger partial charge in [-0.15, -0.1) is 5.10 Å². The SMILES string of the molecule is CSc1nc2n(n1)[C@@H](c1ccc(C)cc1)C1=C(N2)c2cc(C)ccc2O[C@H]1c1cccc(F)c1. The van der Waals surface area contributed by atoms with Crippen LogP contribution >= 0.6 is 11.8 Å². The number of benzene rings is 3. The fraction of sp³-hybridized carbons (Fsp3) is 0.185. The fourth-order valence-electron chi connectivity index (χ4n) is 4.72. The van der Waals surface area contributed by atoms with Gasteiger partial charge in [0.25, 0.3) is 0 Å². The molecule has 2 atom stereocenters. The van der Waals surface area contributed by atoms with Crippen molar-refractivity contribution in [2.45, 2.75) is 31.1 Å². The van der Waals surface area contributed by atoms with Crippen molar-refractivity contribution in [2.24, 2.45) is 0 Å². The number of rotatable bonds is 3. The molecule has 0 spiro atoms. The van der Waals surface area contributed by atoms with E-state index in [0.717, 1.165) is 39.3 Å². The Morgan fingerprint density at radius 1 is 0.971 bits per heavy atom. The molecule has 7 heteroatoms. The van der Waals surface area contributed by atoms with E-state index in [1.807, 2.05) is 29.1 Å². The molecule has 0 bridgehead atoms. The molecule has 0 saturated carbocycles. The highest BCUT2D eigenvalue weighted by Gasteiger charge is 2.41. The molecular weight excluding hydrogens is 447 g/mol. The summed E-state index contributed by atoms with van der Waals surface area (Å²) in [4.78, 5) is 4.73. The number of anilines is 1. The molecule has 0 saturated heterocycles. The van der Waals surface area contributed by atoms with Crippen LogP contribution in [0.1, 0.15) is 40.0 Å². The molecule has 3 aromatic carbocycles. The summed E-state index contributed by atoms with van der Waals surface area (Å²) in [5.41, 5.74) is 7.03. The Labute approximate surface area is 201 Å². The van der Waals surface area contributed by atoms with Crippen molar-refractivity contribution < 1.29 is 9.13 Å². The highest BCUT2D eigenvalue weighted by atomic mass is 32.2. The largest absolute Gasteiger partial charge is 0.480 e. The summed E-state index contributed by atoms with van der Waals surface area (Å²) in [7, 11) is 0. The smallest absolute Gasteiger partial charge is 0.227 e. The molecule has 1 N–H and O–H groups in total. The van der Waals surface area contributed by atoms with Crippen molar-refractivity contribution in [1.29, 1.82) is 0 Å². The average molecular weight is 471 g/mol. The summed E-state index contributed by atoms with van der Waals surface area (Å²) in [6.45, 7) is 4.13. The van der Waals surface area contributed by atoms with Crippen LogP contribution in [0.15, 0.2) is 77.5 Å². The molecule has 0 aliphatic carbocycles. The van der Waals surface area contributed by atoms with Crippen LogP contribution in [0.3, 0.4) is 0 Å². The number of thioether (sulfide) groups is 1. The minimum Gasteiger partial charge on any atom is -0.480 e. The number of ether oxygens (including phenoxy) is 1. The van der Waals surface area contributed by atoms with Crippen LogP contribution in [-0.2, 0) is 0 Å². The quantitative estimate of drug-likeness (QED) is 0.355. The van der Waals surface area contributed by atoms with Gasteiger partial charge < -0.3 is 10.1 Å². The lowest BCUT2D eigenvalue weighted by molar-refractivity contribution is 0.222. The van der Waals surface area contributed by atoms with Crippen LogP contribution in [0.4, 0.5) is 10.3 Å². The number of nitrogens with zero attached hydrogens (tertiary/aromatic N) is 3. The summed E-state index contributed by atoms with van der Waals surface area (Å²) in [6, 6.07) is 20.9. The summed E-state index contributed by atoms with van der Waals surface area (Å²) in [5, 5.41) is 9.03. The molecule has 4 aromatic rings. The third-order valence-corrected chi connectivity index (χ3v) is 6.87. The van der Waals surface area contributed by atoms with E-state index in [1.54, 1.807) is 12.1 Å². The van der Waals surface area contributed by atoms with Crippen LogP contribution < -0.4 is 10.1 Å². The van der Waals surface area contributed by atoms with Gasteiger partial charge in [-0.25, -0.2) is 9.07 Å². The second kappa shape index (κ2) is 8.02. The summed E-state index contributed by atoms with van der Waals surface area (Å²) in [5.74, 6) is 1.15. The standard InChI is InChI=1S/C27H23FN4OS/c1-15-7-10-17(11-8-15)24-22-23(29-26-30-27(34-3)31-32(24)26)20-13-16(2)9-12-21(20)33-25(22)18-5-4-6-19(28)14-18/h4-14,24-25H,1-3H3,(H,29,30,31)/t24-,25-/m0/s1. The van der Waals surface area contributed by atoms with Crippen LogP contribution in [0.25, 0.3) is 5.70 Å². The van der Waals surface area contributed by atoms with E-state index in [9.17, 15) is 4.39 Å². The Balaban J connectivity index is 1.65. The van der Waals surface area contributed by atoms with E-state index >= 15 is 0 Å². The van der Waals surface area contributed by atoms with Gasteiger partial charge in [-0.2, -0.15) is 4.98 Å². The number of halogens is 1. The average Bonchev–Trinajstić information content (AvgIpc) is 3.26. The molecule has 0 radical (unpaired) electrons. The Hall–Kier alpha value is -3.58. The molecule has 2 aliphatic heterocycles. The number of fused-ring (bicyclic) bond motifs is 3. The molecule has 34 heavy (non-hydrogen) atoms. The van der Waals surface area contributed by atoms with Gasteiger partial charge >= 0.3 is 0 Å². The number of aromatic nitrogens is 3. The Morgan fingerprint density at radius 3 is 2.53 bits per heavy atom. The molecule has 5 nitrogen and oxygen atoms in total. The molecular formula is C27H23FN4OS. The first-order chi connectivity index (χ1) is 16.5. The van der Waals surface area contributed by atoms with Gasteiger partial charge in [0, 0.05) is 11.1 Å². The zero-order valence-electron chi connectivity index (χ0n) is 19.0. The third-order valence-electron chi connectivity index (χ3n) is 6.34. The monoisotopic (exact) mass is 470 g/mol. The topological polar surface area (TPSA) is 52.0 Å². The van der Waals surface area contributed by atoms with Crippen LogP contribution in [-0.4, -0.2) is 21.0 Å². The van der Waals surface area contributed by atoms with Gasteiger partial charge in [0.1, 0.15) is 23.7 Å². The molecule has 1 aromatic heterocycles. The minimum absolute atomic E-state index is 0.262. The lowest BCUT2D eigenvalue weighted by Crippen LogP contribution is -2.32. The van der Waals surface area contributed by atoms with Crippen molar-refractivity contribution in [3.8, 4) is 5.75 Å². The van der Waals surface area contributed by atoms with Crippen molar-refractivity contribution in [1.82, 2.24) is 14.8 Å². The molecule has 3 heterocycles. The van der Waals surface area contributed by atoms with Crippen LogP contribution in [0.2, 0.25) is 0 Å². The van der Waals surface area contributed by atoms with Gasteiger partial charge in [0.2, 0.25) is 11.1 Å². The predicted octanol–water partition coefficient (Wildman–Crippen LogP) is 6.32. The Kier molecular flexibility index (Phi) is 4.95. The van der Waals surface area contributed by atoms with Gasteiger partial charge in [0.05, 0.1) is 5.70 Å². The second-order valence-electron chi connectivity index (χ2n) is 8.69. The minimum atomic E-state index is -0.491. The summed E-state index contributed by atoms with van der Waals surface area (Å²) >= 11 is 1.50. The molecule has 0 amide bonds. The molecule has 0 unspecified atom stereocenters. The number of aryl methyl sites for hydroxylation is 2. The van der Waals surface area contributed by atoms with Gasteiger partial charge in [-0.1, -0.05) is 65.4 Å². The number of hydrogen-bond acceptors (Lipinski definition) is 5. The Bertz CT molecular complexity index is 1440. The normalized spacial score (nSPS) is 18.5. The van der Waals surface area contributed by atoms with E-state index in [4.69, 9.17) is 14.8 Å². The molecule has 2 aliphatic rings. The highest BCUT2D eigenvalue weighted by molar-refractivity contribution is 7.98. The van der Waals surface area contributed by atoms with Gasteiger partial charge in [-0.3, -0.25) is 0 Å². The maximum atomic E-state index is 14.3. The van der Waals surface area contributed by atoms with Crippen LogP contribution in [0.5, 0.6) is 5.75 Å². The summed E-state index contributed by atoms with van der Waals surface area (Å²) < 4.78 is 22.8. The van der Waals surface area contributed by atoms with Crippen molar-refractivity contribution in [3.63, 3.8) is 0 Å². The van der Waals surface area contributed by atoms with Crippen molar-refractivity contribution in [2.75, 3.05) is 11.6 Å². The maximum absolute atomic E-state index is 14.3. The van der Waals surface area contributed by atoms with Crippen molar-refractivity contribution in [3.05, 3.63) is 106 Å². The van der Waals surface area contributed by atoms with E-state index in [0.29, 0.717) is 11.1 Å². The van der Waals surface area contributed by atoms with E-state index in [1.165, 1.54) is 23.4 Å². The lowest BCUT2D eigenvalue weighted by Gasteiger charge is -2.39. The first-order valence-corrected chi connectivity index (χ1v) is 12.4. The Morgan fingerprint density at radius 2 is 1.76 bits per heavy atom. The van der Waals surface area contributed by atoms with E-state index in [-0.39, 0.29) is 11.9 Å². The van der Waals surface area contributed by atoms with Crippen molar-refractivity contribution >= 4 is 23.4 Å². The highest BCUT2D eigenvalue weighted by Crippen LogP contribution is 2.51. The lowest BCUT2D eigenvalue weighted by atomic mass is 9.84. The first kappa shape index (κ1) is 21.0. The molecule has 6 rings (SSSR count). The zero-order chi connectivity index (χ0) is 23.4. The third kappa shape index (κ3) is 3.39. The van der Waals surface area contributed by atoms with Gasteiger partial charge in [-0.05, 0) is 55.5 Å². The predicted molar refractivity (Wildman–Crippen MR) is 133 cm³/mol. The molecule has 0 fully saturated rings. The van der Waals surface area contributed by atoms with Crippen LogP contribution in [0, 0.1) is 19.7 Å². The van der Waals surface area contributed by atoms with E-state index < -0.39 is 6.10 Å². The number of nitrogens with one attached hydrogen (secondary N) is 1. The fourth-order valence-corrected chi connectivity index (χ4v) is 5.07. The summed E-state index contributed by atoms with van der Waals surface area (Å²) in [6.07, 6.45) is 1.47. The van der Waals surface area contributed by atoms with Gasteiger partial charge in [0.15, 0.2) is 0 Å². The molecule has 170 valence electrons. The maximum Gasteiger partial charge on any atom is 0.227 e.